The maximum absolute atomic E-state index is 13.3. The molecule has 0 spiro atoms. The standard InChI is InChI=1S/C12H15F2N3O3/c1-7(2)16-11(18)3-4-15-10-6-8(13)5-9(14)12(10)17(19)20/h5-7,15H,3-4H2,1-2H3,(H,16,18). The number of nitrogens with one attached hydrogen (secondary N) is 2. The number of anilines is 1. The summed E-state index contributed by atoms with van der Waals surface area (Å²) >= 11 is 0. The van der Waals surface area contributed by atoms with Crippen molar-refractivity contribution in [1.29, 1.82) is 0 Å². The third-order valence-corrected chi connectivity index (χ3v) is 2.33. The number of nitrogens with zero attached hydrogens (tertiary/aromatic N) is 1. The first-order valence-electron chi connectivity index (χ1n) is 5.98. The van der Waals surface area contributed by atoms with Crippen molar-refractivity contribution in [3.05, 3.63) is 33.9 Å². The Bertz CT molecular complexity index is 521. The van der Waals surface area contributed by atoms with Gasteiger partial charge in [0.1, 0.15) is 11.5 Å². The van der Waals surface area contributed by atoms with Crippen molar-refractivity contribution in [1.82, 2.24) is 5.32 Å². The van der Waals surface area contributed by atoms with Gasteiger partial charge in [0.25, 0.3) is 0 Å². The number of rotatable bonds is 6. The highest BCUT2D eigenvalue weighted by Gasteiger charge is 2.21. The van der Waals surface area contributed by atoms with Crippen LogP contribution in [0.1, 0.15) is 20.3 Å². The number of hydrogen-bond donors (Lipinski definition) is 2. The largest absolute Gasteiger partial charge is 0.379 e. The molecule has 0 aromatic heterocycles. The summed E-state index contributed by atoms with van der Waals surface area (Å²) in [4.78, 5) is 21.1. The van der Waals surface area contributed by atoms with Gasteiger partial charge in [0.05, 0.1) is 4.92 Å². The smallest absolute Gasteiger partial charge is 0.327 e. The van der Waals surface area contributed by atoms with Crippen LogP contribution in [0.15, 0.2) is 12.1 Å². The van der Waals surface area contributed by atoms with Crippen molar-refractivity contribution >= 4 is 17.3 Å². The molecule has 0 aliphatic carbocycles. The zero-order valence-electron chi connectivity index (χ0n) is 11.1. The third kappa shape index (κ3) is 4.45. The molecule has 1 aromatic carbocycles. The average molecular weight is 287 g/mol. The minimum Gasteiger partial charge on any atom is -0.379 e. The number of amides is 1. The van der Waals surface area contributed by atoms with E-state index >= 15 is 0 Å². The zero-order valence-corrected chi connectivity index (χ0v) is 11.1. The van der Waals surface area contributed by atoms with Crippen molar-refractivity contribution in [2.45, 2.75) is 26.3 Å². The molecular weight excluding hydrogens is 272 g/mol. The predicted molar refractivity (Wildman–Crippen MR) is 69.4 cm³/mol. The second-order valence-corrected chi connectivity index (χ2v) is 4.44. The lowest BCUT2D eigenvalue weighted by molar-refractivity contribution is -0.386. The van der Waals surface area contributed by atoms with Crippen LogP contribution in [0.4, 0.5) is 20.2 Å². The van der Waals surface area contributed by atoms with Gasteiger partial charge in [-0.2, -0.15) is 4.39 Å². The maximum Gasteiger partial charge on any atom is 0.327 e. The van der Waals surface area contributed by atoms with E-state index in [1.165, 1.54) is 0 Å². The molecule has 1 aromatic rings. The second kappa shape index (κ2) is 6.78. The van der Waals surface area contributed by atoms with E-state index in [2.05, 4.69) is 10.6 Å². The van der Waals surface area contributed by atoms with Gasteiger partial charge >= 0.3 is 5.69 Å². The van der Waals surface area contributed by atoms with Gasteiger partial charge in [0, 0.05) is 31.1 Å². The summed E-state index contributed by atoms with van der Waals surface area (Å²) in [6.07, 6.45) is 0.0352. The topological polar surface area (TPSA) is 84.3 Å². The molecule has 0 saturated carbocycles. The lowest BCUT2D eigenvalue weighted by atomic mass is 10.2. The van der Waals surface area contributed by atoms with Crippen molar-refractivity contribution in [2.24, 2.45) is 0 Å². The number of nitro groups is 1. The van der Waals surface area contributed by atoms with Crippen LogP contribution < -0.4 is 10.6 Å². The van der Waals surface area contributed by atoms with E-state index in [4.69, 9.17) is 0 Å². The maximum atomic E-state index is 13.3. The molecule has 8 heteroatoms. The summed E-state index contributed by atoms with van der Waals surface area (Å²) in [5, 5.41) is 15.8. The average Bonchev–Trinajstić information content (AvgIpc) is 2.25. The minimum atomic E-state index is -1.26. The Balaban J connectivity index is 2.73. The van der Waals surface area contributed by atoms with Crippen LogP contribution >= 0.6 is 0 Å². The van der Waals surface area contributed by atoms with Crippen molar-refractivity contribution in [3.63, 3.8) is 0 Å². The lowest BCUT2D eigenvalue weighted by Crippen LogP contribution is -2.31. The molecule has 0 saturated heterocycles. The SMILES string of the molecule is CC(C)NC(=O)CCNc1cc(F)cc(F)c1[N+](=O)[O-]. The summed E-state index contributed by atoms with van der Waals surface area (Å²) in [5.41, 5.74) is -1.12. The zero-order chi connectivity index (χ0) is 15.3. The molecule has 2 N–H and O–H groups in total. The fraction of sp³-hybridized carbons (Fsp3) is 0.417. The fourth-order valence-electron chi connectivity index (χ4n) is 1.59. The number of carbonyl (C=O) groups excluding carboxylic acids is 1. The Morgan fingerprint density at radius 3 is 2.60 bits per heavy atom. The van der Waals surface area contributed by atoms with Gasteiger partial charge in [0.2, 0.25) is 11.7 Å². The highest BCUT2D eigenvalue weighted by Crippen LogP contribution is 2.28. The molecule has 110 valence electrons. The molecular formula is C12H15F2N3O3. The van der Waals surface area contributed by atoms with E-state index in [0.29, 0.717) is 6.07 Å². The van der Waals surface area contributed by atoms with Crippen LogP contribution in [-0.4, -0.2) is 23.4 Å². The second-order valence-electron chi connectivity index (χ2n) is 4.44. The van der Waals surface area contributed by atoms with Gasteiger partial charge in [-0.15, -0.1) is 0 Å². The first-order chi connectivity index (χ1) is 9.31. The molecule has 1 amide bonds. The molecule has 0 heterocycles. The first kappa shape index (κ1) is 15.8. The fourth-order valence-corrected chi connectivity index (χ4v) is 1.59. The van der Waals surface area contributed by atoms with Crippen LogP contribution in [0.5, 0.6) is 0 Å². The summed E-state index contributed by atoms with van der Waals surface area (Å²) < 4.78 is 26.4. The summed E-state index contributed by atoms with van der Waals surface area (Å²) in [6, 6.07) is 1.24. The molecule has 20 heavy (non-hydrogen) atoms. The van der Waals surface area contributed by atoms with E-state index < -0.39 is 22.2 Å². The van der Waals surface area contributed by atoms with Gasteiger partial charge < -0.3 is 10.6 Å². The van der Waals surface area contributed by atoms with E-state index in [1.807, 2.05) is 0 Å². The van der Waals surface area contributed by atoms with Crippen LogP contribution in [0.25, 0.3) is 0 Å². The van der Waals surface area contributed by atoms with E-state index in [0.717, 1.165) is 6.07 Å². The van der Waals surface area contributed by atoms with Gasteiger partial charge in [-0.25, -0.2) is 4.39 Å². The summed E-state index contributed by atoms with van der Waals surface area (Å²) in [7, 11) is 0. The molecule has 0 aliphatic heterocycles. The highest BCUT2D eigenvalue weighted by atomic mass is 19.1. The number of nitro benzene ring substituents is 1. The van der Waals surface area contributed by atoms with Crippen molar-refractivity contribution in [3.8, 4) is 0 Å². The number of hydrogen-bond acceptors (Lipinski definition) is 4. The quantitative estimate of drug-likeness (QED) is 0.620. The highest BCUT2D eigenvalue weighted by molar-refractivity contribution is 5.77. The first-order valence-corrected chi connectivity index (χ1v) is 5.98. The lowest BCUT2D eigenvalue weighted by Gasteiger charge is -2.10. The molecule has 0 radical (unpaired) electrons. The monoisotopic (exact) mass is 287 g/mol. The minimum absolute atomic E-state index is 0.0246. The van der Waals surface area contributed by atoms with E-state index in [1.54, 1.807) is 13.8 Å². The molecule has 0 unspecified atom stereocenters. The Kier molecular flexibility index (Phi) is 5.36. The van der Waals surface area contributed by atoms with Crippen molar-refractivity contribution in [2.75, 3.05) is 11.9 Å². The van der Waals surface area contributed by atoms with Gasteiger partial charge in [-0.3, -0.25) is 14.9 Å². The Hall–Kier alpha value is -2.25. The number of halogens is 2. The van der Waals surface area contributed by atoms with Crippen LogP contribution in [0.2, 0.25) is 0 Å². The van der Waals surface area contributed by atoms with Crippen LogP contribution in [0.3, 0.4) is 0 Å². The van der Waals surface area contributed by atoms with Crippen molar-refractivity contribution < 1.29 is 18.5 Å². The van der Waals surface area contributed by atoms with Gasteiger partial charge in [-0.05, 0) is 13.8 Å². The third-order valence-electron chi connectivity index (χ3n) is 2.33. The molecule has 0 fully saturated rings. The normalized spacial score (nSPS) is 10.4. The Morgan fingerprint density at radius 1 is 1.40 bits per heavy atom. The van der Waals surface area contributed by atoms with E-state index in [9.17, 15) is 23.7 Å². The van der Waals surface area contributed by atoms with Crippen LogP contribution in [-0.2, 0) is 4.79 Å². The number of carbonyl (C=O) groups is 1. The molecule has 0 aliphatic rings. The van der Waals surface area contributed by atoms with Gasteiger partial charge in [-0.1, -0.05) is 0 Å². The number of benzene rings is 1. The molecule has 0 bridgehead atoms. The molecule has 6 nitrogen and oxygen atoms in total. The predicted octanol–water partition coefficient (Wildman–Crippen LogP) is 2.20. The molecule has 0 atom stereocenters. The summed E-state index contributed by atoms with van der Waals surface area (Å²) in [5.74, 6) is -2.45. The Morgan fingerprint density at radius 2 is 2.05 bits per heavy atom. The summed E-state index contributed by atoms with van der Waals surface area (Å²) in [6.45, 7) is 3.61. The van der Waals surface area contributed by atoms with E-state index in [-0.39, 0.29) is 30.6 Å². The van der Waals surface area contributed by atoms with Crippen LogP contribution in [0, 0.1) is 21.7 Å². The Labute approximate surface area is 114 Å². The molecule has 1 rings (SSSR count). The van der Waals surface area contributed by atoms with Gasteiger partial charge in [0.15, 0.2) is 0 Å².